The van der Waals surface area contributed by atoms with E-state index in [4.69, 9.17) is 0 Å². The molecule has 0 saturated heterocycles. The first kappa shape index (κ1) is 13.3. The number of nitrogens with zero attached hydrogens (tertiary/aromatic N) is 3. The average molecular weight is 280 g/mol. The second kappa shape index (κ2) is 5.36. The Balaban J connectivity index is 1.78. The van der Waals surface area contributed by atoms with Crippen molar-refractivity contribution in [3.8, 4) is 0 Å². The Bertz CT molecular complexity index is 776. The molecule has 5 heteroatoms. The number of rotatable bonds is 3. The first-order valence-corrected chi connectivity index (χ1v) is 6.75. The molecule has 0 unspecified atom stereocenters. The van der Waals surface area contributed by atoms with Gasteiger partial charge in [-0.15, -0.1) is 0 Å². The summed E-state index contributed by atoms with van der Waals surface area (Å²) in [6.45, 7) is 2.63. The molecule has 1 amide bonds. The Labute approximate surface area is 122 Å². The number of aromatic amines is 1. The number of benzene rings is 2. The van der Waals surface area contributed by atoms with Crippen LogP contribution in [0, 0.1) is 6.92 Å². The summed E-state index contributed by atoms with van der Waals surface area (Å²) in [5, 5.41) is 10.5. The van der Waals surface area contributed by atoms with Gasteiger partial charge >= 0.3 is 0 Å². The number of hydrogen-bond acceptors (Lipinski definition) is 3. The zero-order valence-corrected chi connectivity index (χ0v) is 12.0. The van der Waals surface area contributed by atoms with Gasteiger partial charge in [-0.3, -0.25) is 4.79 Å². The topological polar surface area (TPSA) is 61.9 Å². The Morgan fingerprint density at radius 2 is 1.81 bits per heavy atom. The molecule has 2 aromatic carbocycles. The summed E-state index contributed by atoms with van der Waals surface area (Å²) in [6, 6.07) is 13.5. The molecule has 3 rings (SSSR count). The van der Waals surface area contributed by atoms with Gasteiger partial charge in [0.1, 0.15) is 11.0 Å². The molecule has 0 aliphatic carbocycles. The predicted molar refractivity (Wildman–Crippen MR) is 80.9 cm³/mol. The molecule has 0 atom stereocenters. The van der Waals surface area contributed by atoms with Crippen molar-refractivity contribution in [2.45, 2.75) is 13.5 Å². The third-order valence-electron chi connectivity index (χ3n) is 3.45. The molecule has 0 saturated carbocycles. The van der Waals surface area contributed by atoms with Crippen molar-refractivity contribution in [3.05, 3.63) is 59.2 Å². The molecule has 1 aromatic heterocycles. The minimum atomic E-state index is -0.0273. The summed E-state index contributed by atoms with van der Waals surface area (Å²) in [5.41, 5.74) is 4.39. The van der Waals surface area contributed by atoms with Crippen LogP contribution in [0.25, 0.3) is 11.0 Å². The van der Waals surface area contributed by atoms with Crippen LogP contribution in [0.1, 0.15) is 21.5 Å². The van der Waals surface area contributed by atoms with Crippen molar-refractivity contribution in [3.63, 3.8) is 0 Å². The normalized spacial score (nSPS) is 10.8. The van der Waals surface area contributed by atoms with Crippen molar-refractivity contribution < 1.29 is 4.79 Å². The third kappa shape index (κ3) is 2.76. The van der Waals surface area contributed by atoms with Gasteiger partial charge in [0.25, 0.3) is 5.91 Å². The summed E-state index contributed by atoms with van der Waals surface area (Å²) in [4.78, 5) is 14.1. The van der Waals surface area contributed by atoms with Gasteiger partial charge in [-0.1, -0.05) is 29.8 Å². The summed E-state index contributed by atoms with van der Waals surface area (Å²) in [5.74, 6) is -0.0273. The number of hydrogen-bond donors (Lipinski definition) is 1. The van der Waals surface area contributed by atoms with E-state index < -0.39 is 0 Å². The van der Waals surface area contributed by atoms with Gasteiger partial charge in [0.05, 0.1) is 0 Å². The van der Waals surface area contributed by atoms with E-state index in [0.717, 1.165) is 11.1 Å². The Morgan fingerprint density at radius 1 is 1.10 bits per heavy atom. The Kier molecular flexibility index (Phi) is 3.39. The summed E-state index contributed by atoms with van der Waals surface area (Å²) in [6.07, 6.45) is 0. The molecular formula is C16H16N4O. The van der Waals surface area contributed by atoms with E-state index in [1.807, 2.05) is 19.1 Å². The van der Waals surface area contributed by atoms with E-state index in [1.54, 1.807) is 30.1 Å². The number of amides is 1. The monoisotopic (exact) mass is 280 g/mol. The van der Waals surface area contributed by atoms with Crippen molar-refractivity contribution in [2.24, 2.45) is 0 Å². The fraction of sp³-hybridized carbons (Fsp3) is 0.188. The second-order valence-corrected chi connectivity index (χ2v) is 5.17. The van der Waals surface area contributed by atoms with Gasteiger partial charge in [0.2, 0.25) is 0 Å². The Hall–Kier alpha value is -2.69. The minimum Gasteiger partial charge on any atom is -0.337 e. The molecule has 5 nitrogen and oxygen atoms in total. The zero-order chi connectivity index (χ0) is 14.8. The number of H-pyrrole nitrogens is 1. The van der Waals surface area contributed by atoms with Crippen molar-refractivity contribution in [2.75, 3.05) is 7.05 Å². The number of nitrogens with one attached hydrogen (secondary N) is 1. The number of aromatic nitrogens is 3. The van der Waals surface area contributed by atoms with Crippen molar-refractivity contribution in [1.82, 2.24) is 20.3 Å². The first-order valence-electron chi connectivity index (χ1n) is 6.75. The lowest BCUT2D eigenvalue weighted by molar-refractivity contribution is 0.0785. The maximum atomic E-state index is 12.4. The smallest absolute Gasteiger partial charge is 0.253 e. The molecular weight excluding hydrogens is 264 g/mol. The van der Waals surface area contributed by atoms with Gasteiger partial charge in [-0.25, -0.2) is 0 Å². The molecule has 3 aromatic rings. The van der Waals surface area contributed by atoms with Gasteiger partial charge in [-0.05, 0) is 30.7 Å². The summed E-state index contributed by atoms with van der Waals surface area (Å²) < 4.78 is 0. The number of fused-ring (bicyclic) bond motifs is 1. The molecule has 21 heavy (non-hydrogen) atoms. The highest BCUT2D eigenvalue weighted by Gasteiger charge is 2.13. The highest BCUT2D eigenvalue weighted by molar-refractivity contribution is 5.97. The van der Waals surface area contributed by atoms with Gasteiger partial charge < -0.3 is 4.90 Å². The van der Waals surface area contributed by atoms with Gasteiger partial charge in [0.15, 0.2) is 0 Å². The van der Waals surface area contributed by atoms with Gasteiger partial charge in [0, 0.05) is 19.2 Å². The van der Waals surface area contributed by atoms with Crippen molar-refractivity contribution in [1.29, 1.82) is 0 Å². The lowest BCUT2D eigenvalue weighted by Gasteiger charge is -2.17. The lowest BCUT2D eigenvalue weighted by atomic mass is 10.1. The number of carbonyl (C=O) groups is 1. The first-order chi connectivity index (χ1) is 10.1. The van der Waals surface area contributed by atoms with E-state index >= 15 is 0 Å². The molecule has 0 aliphatic heterocycles. The standard InChI is InChI=1S/C16H16N4O/c1-11-3-5-12(6-4-11)10-20(2)16(21)13-7-8-14-15(9-13)18-19-17-14/h3-9H,10H2,1-2H3,(H,17,18,19). The average Bonchev–Trinajstić information content (AvgIpc) is 2.96. The number of aryl methyl sites for hydroxylation is 1. The maximum absolute atomic E-state index is 12.4. The molecule has 1 N–H and O–H groups in total. The van der Waals surface area contributed by atoms with Crippen LogP contribution in [0.4, 0.5) is 0 Å². The van der Waals surface area contributed by atoms with Crippen LogP contribution in [0.5, 0.6) is 0 Å². The summed E-state index contributed by atoms with van der Waals surface area (Å²) in [7, 11) is 1.80. The van der Waals surface area contributed by atoms with Crippen LogP contribution < -0.4 is 0 Å². The quantitative estimate of drug-likeness (QED) is 0.802. The molecule has 0 aliphatic rings. The lowest BCUT2D eigenvalue weighted by Crippen LogP contribution is -2.26. The van der Waals surface area contributed by atoms with E-state index in [-0.39, 0.29) is 5.91 Å². The molecule has 106 valence electrons. The van der Waals surface area contributed by atoms with Crippen LogP contribution in [-0.4, -0.2) is 33.3 Å². The van der Waals surface area contributed by atoms with E-state index in [2.05, 4.69) is 27.5 Å². The molecule has 0 spiro atoms. The van der Waals surface area contributed by atoms with E-state index in [1.165, 1.54) is 5.56 Å². The van der Waals surface area contributed by atoms with Crippen LogP contribution in [0.3, 0.4) is 0 Å². The summed E-state index contributed by atoms with van der Waals surface area (Å²) >= 11 is 0. The Morgan fingerprint density at radius 3 is 2.57 bits per heavy atom. The second-order valence-electron chi connectivity index (χ2n) is 5.17. The molecule has 0 radical (unpaired) electrons. The molecule has 0 bridgehead atoms. The largest absolute Gasteiger partial charge is 0.337 e. The number of carbonyl (C=O) groups excluding carboxylic acids is 1. The highest BCUT2D eigenvalue weighted by Crippen LogP contribution is 2.14. The fourth-order valence-electron chi connectivity index (χ4n) is 2.23. The van der Waals surface area contributed by atoms with E-state index in [9.17, 15) is 4.79 Å². The van der Waals surface area contributed by atoms with Crippen molar-refractivity contribution >= 4 is 16.9 Å². The van der Waals surface area contributed by atoms with Crippen LogP contribution in [-0.2, 0) is 6.54 Å². The minimum absolute atomic E-state index is 0.0273. The highest BCUT2D eigenvalue weighted by atomic mass is 16.2. The fourth-order valence-corrected chi connectivity index (χ4v) is 2.23. The van der Waals surface area contributed by atoms with Crippen LogP contribution in [0.2, 0.25) is 0 Å². The van der Waals surface area contributed by atoms with Gasteiger partial charge in [-0.2, -0.15) is 15.4 Å². The SMILES string of the molecule is Cc1ccc(CN(C)C(=O)c2ccc3n[nH]nc3c2)cc1. The third-order valence-corrected chi connectivity index (χ3v) is 3.45. The van der Waals surface area contributed by atoms with Crippen LogP contribution in [0.15, 0.2) is 42.5 Å². The predicted octanol–water partition coefficient (Wildman–Crippen LogP) is 2.54. The van der Waals surface area contributed by atoms with E-state index in [0.29, 0.717) is 17.6 Å². The molecule has 1 heterocycles. The molecule has 0 fully saturated rings. The zero-order valence-electron chi connectivity index (χ0n) is 12.0. The maximum Gasteiger partial charge on any atom is 0.253 e. The van der Waals surface area contributed by atoms with Crippen LogP contribution >= 0.6 is 0 Å².